The highest BCUT2D eigenvalue weighted by molar-refractivity contribution is 4.97. The van der Waals surface area contributed by atoms with E-state index in [1.807, 2.05) is 24.0 Å². The van der Waals surface area contributed by atoms with Crippen LogP contribution in [0.3, 0.4) is 0 Å². The van der Waals surface area contributed by atoms with E-state index < -0.39 is 0 Å². The molecule has 1 heterocycles. The third-order valence-electron chi connectivity index (χ3n) is 2.55. The predicted octanol–water partition coefficient (Wildman–Crippen LogP) is 0.936. The van der Waals surface area contributed by atoms with Gasteiger partial charge >= 0.3 is 0 Å². The molecule has 15 heavy (non-hydrogen) atoms. The fourth-order valence-electron chi connectivity index (χ4n) is 1.45. The average Bonchev–Trinajstić information content (AvgIpc) is 2.95. The van der Waals surface area contributed by atoms with E-state index in [4.69, 9.17) is 4.74 Å². The Bertz CT molecular complexity index is 294. The third-order valence-corrected chi connectivity index (χ3v) is 2.55. The van der Waals surface area contributed by atoms with E-state index in [1.165, 1.54) is 12.8 Å². The van der Waals surface area contributed by atoms with Gasteiger partial charge in [-0.3, -0.25) is 4.68 Å². The normalized spacial score (nSPS) is 15.8. The number of rotatable bonds is 7. The molecule has 0 atom stereocenters. The van der Waals surface area contributed by atoms with Crippen molar-refractivity contribution in [1.82, 2.24) is 15.1 Å². The Hall–Kier alpha value is -0.870. The number of aromatic nitrogens is 2. The van der Waals surface area contributed by atoms with Gasteiger partial charge < -0.3 is 10.1 Å². The summed E-state index contributed by atoms with van der Waals surface area (Å²) in [7, 11) is 1.93. The maximum atomic E-state index is 5.51. The Morgan fingerprint density at radius 1 is 1.60 bits per heavy atom. The molecule has 1 saturated carbocycles. The lowest BCUT2D eigenvalue weighted by Gasteiger charge is -2.03. The van der Waals surface area contributed by atoms with E-state index in [-0.39, 0.29) is 0 Å². The minimum atomic E-state index is 0.809. The number of hydrogen-bond donors (Lipinski definition) is 1. The lowest BCUT2D eigenvalue weighted by molar-refractivity contribution is 0.126. The van der Waals surface area contributed by atoms with Gasteiger partial charge in [-0.05, 0) is 24.8 Å². The number of nitrogens with one attached hydrogen (secondary N) is 1. The van der Waals surface area contributed by atoms with Crippen LogP contribution in [0.4, 0.5) is 0 Å². The van der Waals surface area contributed by atoms with Crippen LogP contribution >= 0.6 is 0 Å². The molecule has 0 unspecified atom stereocenters. The molecule has 0 bridgehead atoms. The van der Waals surface area contributed by atoms with Crippen molar-refractivity contribution in [2.45, 2.75) is 19.4 Å². The summed E-state index contributed by atoms with van der Waals surface area (Å²) < 4.78 is 7.33. The third kappa shape index (κ3) is 4.01. The number of hydrogen-bond acceptors (Lipinski definition) is 3. The molecule has 4 heteroatoms. The first-order chi connectivity index (χ1) is 7.34. The van der Waals surface area contributed by atoms with Gasteiger partial charge in [-0.15, -0.1) is 0 Å². The maximum absolute atomic E-state index is 5.51. The molecule has 1 aliphatic rings. The molecule has 0 saturated heterocycles. The van der Waals surface area contributed by atoms with Crippen molar-refractivity contribution in [2.75, 3.05) is 19.8 Å². The zero-order chi connectivity index (χ0) is 10.5. The van der Waals surface area contributed by atoms with Crippen molar-refractivity contribution < 1.29 is 4.74 Å². The second kappa shape index (κ2) is 5.28. The standard InChI is InChI=1S/C11H19N3O/c1-14-6-4-11(13-14)8-12-5-7-15-9-10-2-3-10/h4,6,10,12H,2-3,5,7-9H2,1H3. The van der Waals surface area contributed by atoms with Crippen molar-refractivity contribution in [3.63, 3.8) is 0 Å². The molecule has 0 aromatic carbocycles. The second-order valence-electron chi connectivity index (χ2n) is 4.18. The zero-order valence-electron chi connectivity index (χ0n) is 9.28. The van der Waals surface area contributed by atoms with E-state index in [0.29, 0.717) is 0 Å². The fourth-order valence-corrected chi connectivity index (χ4v) is 1.45. The van der Waals surface area contributed by atoms with Crippen molar-refractivity contribution >= 4 is 0 Å². The van der Waals surface area contributed by atoms with Crippen LogP contribution in [-0.4, -0.2) is 29.5 Å². The van der Waals surface area contributed by atoms with Crippen molar-refractivity contribution in [2.24, 2.45) is 13.0 Å². The molecular weight excluding hydrogens is 190 g/mol. The quantitative estimate of drug-likeness (QED) is 0.679. The summed E-state index contributed by atoms with van der Waals surface area (Å²) in [6.07, 6.45) is 4.68. The van der Waals surface area contributed by atoms with E-state index in [2.05, 4.69) is 10.4 Å². The lowest BCUT2D eigenvalue weighted by Crippen LogP contribution is -2.20. The molecule has 0 radical (unpaired) electrons. The predicted molar refractivity (Wildman–Crippen MR) is 58.5 cm³/mol. The summed E-state index contributed by atoms with van der Waals surface area (Å²) >= 11 is 0. The van der Waals surface area contributed by atoms with Crippen LogP contribution in [0.15, 0.2) is 12.3 Å². The van der Waals surface area contributed by atoms with Crippen LogP contribution in [0.25, 0.3) is 0 Å². The number of aryl methyl sites for hydroxylation is 1. The Morgan fingerprint density at radius 3 is 3.13 bits per heavy atom. The highest BCUT2D eigenvalue weighted by Crippen LogP contribution is 2.28. The van der Waals surface area contributed by atoms with E-state index >= 15 is 0 Å². The van der Waals surface area contributed by atoms with Crippen molar-refractivity contribution in [3.05, 3.63) is 18.0 Å². The number of ether oxygens (including phenoxy) is 1. The summed E-state index contributed by atoms with van der Waals surface area (Å²) in [6, 6.07) is 2.03. The van der Waals surface area contributed by atoms with Gasteiger partial charge in [0, 0.05) is 32.9 Å². The van der Waals surface area contributed by atoms with Crippen molar-refractivity contribution in [3.8, 4) is 0 Å². The molecule has 1 aliphatic carbocycles. The summed E-state index contributed by atoms with van der Waals surface area (Å²) in [6.45, 7) is 3.49. The SMILES string of the molecule is Cn1ccc(CNCCOCC2CC2)n1. The maximum Gasteiger partial charge on any atom is 0.0762 e. The molecule has 1 aromatic rings. The van der Waals surface area contributed by atoms with E-state index in [1.54, 1.807) is 0 Å². The largest absolute Gasteiger partial charge is 0.380 e. The van der Waals surface area contributed by atoms with Gasteiger partial charge in [0.1, 0.15) is 0 Å². The van der Waals surface area contributed by atoms with Crippen LogP contribution in [-0.2, 0) is 18.3 Å². The molecule has 84 valence electrons. The summed E-state index contributed by atoms with van der Waals surface area (Å²) in [5, 5.41) is 7.59. The molecule has 0 aliphatic heterocycles. The molecule has 2 rings (SSSR count). The summed E-state index contributed by atoms with van der Waals surface area (Å²) in [5.41, 5.74) is 1.08. The van der Waals surface area contributed by atoms with Gasteiger partial charge in [0.2, 0.25) is 0 Å². The summed E-state index contributed by atoms with van der Waals surface area (Å²) in [5.74, 6) is 0.862. The van der Waals surface area contributed by atoms with Gasteiger partial charge in [-0.1, -0.05) is 0 Å². The van der Waals surface area contributed by atoms with Crippen molar-refractivity contribution in [1.29, 1.82) is 0 Å². The highest BCUT2D eigenvalue weighted by atomic mass is 16.5. The smallest absolute Gasteiger partial charge is 0.0762 e. The minimum Gasteiger partial charge on any atom is -0.380 e. The number of nitrogens with zero attached hydrogens (tertiary/aromatic N) is 2. The Labute approximate surface area is 90.6 Å². The molecule has 4 nitrogen and oxygen atoms in total. The van der Waals surface area contributed by atoms with Crippen LogP contribution in [0, 0.1) is 5.92 Å². The van der Waals surface area contributed by atoms with Gasteiger partial charge in [0.15, 0.2) is 0 Å². The lowest BCUT2D eigenvalue weighted by atomic mass is 10.4. The average molecular weight is 209 g/mol. The molecule has 0 amide bonds. The second-order valence-corrected chi connectivity index (χ2v) is 4.18. The van der Waals surface area contributed by atoms with Gasteiger partial charge in [-0.2, -0.15) is 5.10 Å². The fraction of sp³-hybridized carbons (Fsp3) is 0.727. The van der Waals surface area contributed by atoms with E-state index in [9.17, 15) is 0 Å². The topological polar surface area (TPSA) is 39.1 Å². The molecule has 1 N–H and O–H groups in total. The van der Waals surface area contributed by atoms with Gasteiger partial charge in [-0.25, -0.2) is 0 Å². The van der Waals surface area contributed by atoms with Gasteiger partial charge in [0.05, 0.1) is 12.3 Å². The molecular formula is C11H19N3O. The first-order valence-corrected chi connectivity index (χ1v) is 5.61. The first kappa shape index (κ1) is 10.6. The van der Waals surface area contributed by atoms with Crippen LogP contribution in [0.2, 0.25) is 0 Å². The molecule has 0 spiro atoms. The van der Waals surface area contributed by atoms with Crippen LogP contribution in [0.5, 0.6) is 0 Å². The minimum absolute atomic E-state index is 0.809. The monoisotopic (exact) mass is 209 g/mol. The zero-order valence-corrected chi connectivity index (χ0v) is 9.28. The van der Waals surface area contributed by atoms with Gasteiger partial charge in [0.25, 0.3) is 0 Å². The highest BCUT2D eigenvalue weighted by Gasteiger charge is 2.20. The Morgan fingerprint density at radius 2 is 2.47 bits per heavy atom. The Kier molecular flexibility index (Phi) is 3.75. The first-order valence-electron chi connectivity index (χ1n) is 5.61. The van der Waals surface area contributed by atoms with Crippen LogP contribution < -0.4 is 5.32 Å². The summed E-state index contributed by atoms with van der Waals surface area (Å²) in [4.78, 5) is 0. The molecule has 1 fully saturated rings. The molecule has 1 aromatic heterocycles. The van der Waals surface area contributed by atoms with Crippen LogP contribution in [0.1, 0.15) is 18.5 Å². The Balaban J connectivity index is 1.47. The van der Waals surface area contributed by atoms with E-state index in [0.717, 1.165) is 37.9 Å².